The van der Waals surface area contributed by atoms with Gasteiger partial charge >= 0.3 is 12.0 Å². The lowest BCUT2D eigenvalue weighted by molar-refractivity contribution is -0.138. The zero-order chi connectivity index (χ0) is 15.6. The molecule has 0 aromatic rings. The lowest BCUT2D eigenvalue weighted by Crippen LogP contribution is -2.55. The first-order valence-electron chi connectivity index (χ1n) is 7.22. The van der Waals surface area contributed by atoms with E-state index in [9.17, 15) is 18.0 Å². The van der Waals surface area contributed by atoms with Gasteiger partial charge in [0.15, 0.2) is 9.84 Å². The Labute approximate surface area is 124 Å². The fraction of sp³-hybridized carbons (Fsp3) is 0.846. The van der Waals surface area contributed by atoms with E-state index >= 15 is 0 Å². The van der Waals surface area contributed by atoms with Crippen LogP contribution in [0.15, 0.2) is 0 Å². The Hall–Kier alpha value is -1.31. The number of sulfone groups is 1. The van der Waals surface area contributed by atoms with Gasteiger partial charge in [-0.15, -0.1) is 0 Å². The lowest BCUT2D eigenvalue weighted by atomic mass is 9.85. The number of carbonyl (C=O) groups is 2. The van der Waals surface area contributed by atoms with Crippen LogP contribution in [-0.4, -0.2) is 73.0 Å². The SMILES string of the molecule is CN(CC1CCC1)C(=O)N1CCS(=O)(=O)CC1CC(=O)O. The van der Waals surface area contributed by atoms with Crippen LogP contribution >= 0.6 is 0 Å². The summed E-state index contributed by atoms with van der Waals surface area (Å²) < 4.78 is 23.3. The van der Waals surface area contributed by atoms with E-state index in [1.807, 2.05) is 0 Å². The van der Waals surface area contributed by atoms with E-state index in [2.05, 4.69) is 0 Å². The molecule has 1 saturated heterocycles. The van der Waals surface area contributed by atoms with Crippen molar-refractivity contribution >= 4 is 21.8 Å². The van der Waals surface area contributed by atoms with Gasteiger partial charge in [-0.25, -0.2) is 13.2 Å². The van der Waals surface area contributed by atoms with Crippen molar-refractivity contribution in [2.24, 2.45) is 5.92 Å². The highest BCUT2D eigenvalue weighted by Gasteiger charge is 2.37. The first-order chi connectivity index (χ1) is 9.78. The molecule has 0 bridgehead atoms. The average Bonchev–Trinajstić information content (AvgIpc) is 2.31. The molecule has 8 heteroatoms. The van der Waals surface area contributed by atoms with Gasteiger partial charge < -0.3 is 14.9 Å². The molecular weight excluding hydrogens is 296 g/mol. The minimum absolute atomic E-state index is 0.0775. The van der Waals surface area contributed by atoms with E-state index in [-0.39, 0.29) is 30.5 Å². The molecule has 0 spiro atoms. The lowest BCUT2D eigenvalue weighted by Gasteiger charge is -2.39. The van der Waals surface area contributed by atoms with Crippen LogP contribution in [0.25, 0.3) is 0 Å². The van der Waals surface area contributed by atoms with Crippen molar-refractivity contribution < 1.29 is 23.1 Å². The Bertz CT molecular complexity index is 515. The van der Waals surface area contributed by atoms with Crippen LogP contribution in [0.5, 0.6) is 0 Å². The van der Waals surface area contributed by atoms with Gasteiger partial charge in [0.1, 0.15) is 0 Å². The van der Waals surface area contributed by atoms with E-state index in [1.54, 1.807) is 11.9 Å². The second-order valence-corrected chi connectivity index (χ2v) is 8.25. The molecule has 1 aliphatic heterocycles. The Morgan fingerprint density at radius 1 is 1.33 bits per heavy atom. The number of hydrogen-bond acceptors (Lipinski definition) is 4. The molecule has 1 unspecified atom stereocenters. The summed E-state index contributed by atoms with van der Waals surface area (Å²) in [5, 5.41) is 8.92. The first-order valence-corrected chi connectivity index (χ1v) is 9.04. The predicted molar refractivity (Wildman–Crippen MR) is 76.8 cm³/mol. The second-order valence-electron chi connectivity index (χ2n) is 6.02. The standard InChI is InChI=1S/C13H22N2O5S/c1-14(8-10-3-2-4-10)13(18)15-5-6-21(19,20)9-11(15)7-12(16)17/h10-11H,2-9H2,1H3,(H,16,17). The number of carboxylic acid groups (broad SMARTS) is 1. The molecule has 21 heavy (non-hydrogen) atoms. The van der Waals surface area contributed by atoms with Gasteiger partial charge in [-0.3, -0.25) is 4.79 Å². The summed E-state index contributed by atoms with van der Waals surface area (Å²) >= 11 is 0. The Kier molecular flexibility index (Phi) is 4.75. The van der Waals surface area contributed by atoms with Crippen molar-refractivity contribution in [1.82, 2.24) is 9.80 Å². The number of carboxylic acids is 1. The van der Waals surface area contributed by atoms with E-state index in [0.29, 0.717) is 12.5 Å². The number of carbonyl (C=O) groups excluding carboxylic acids is 1. The number of nitrogens with zero attached hydrogens (tertiary/aromatic N) is 2. The van der Waals surface area contributed by atoms with Crippen LogP contribution in [0.1, 0.15) is 25.7 Å². The highest BCUT2D eigenvalue weighted by atomic mass is 32.2. The predicted octanol–water partition coefficient (Wildman–Crippen LogP) is 0.412. The van der Waals surface area contributed by atoms with Gasteiger partial charge in [-0.1, -0.05) is 6.42 Å². The van der Waals surface area contributed by atoms with Crippen molar-refractivity contribution in [3.63, 3.8) is 0 Å². The van der Waals surface area contributed by atoms with Crippen molar-refractivity contribution in [2.45, 2.75) is 31.7 Å². The summed E-state index contributed by atoms with van der Waals surface area (Å²) in [6.45, 7) is 0.732. The third kappa shape index (κ3) is 4.09. The maximum absolute atomic E-state index is 12.4. The summed E-state index contributed by atoms with van der Waals surface area (Å²) in [5.74, 6) is -0.920. The van der Waals surface area contributed by atoms with Crippen LogP contribution in [-0.2, 0) is 14.6 Å². The molecule has 1 N–H and O–H groups in total. The molecule has 1 aliphatic carbocycles. The molecule has 2 rings (SSSR count). The quantitative estimate of drug-likeness (QED) is 0.810. The molecule has 7 nitrogen and oxygen atoms in total. The largest absolute Gasteiger partial charge is 0.481 e. The van der Waals surface area contributed by atoms with Crippen LogP contribution in [0.4, 0.5) is 4.79 Å². The second kappa shape index (κ2) is 6.21. The first kappa shape index (κ1) is 16.1. The molecule has 1 heterocycles. The van der Waals surface area contributed by atoms with Crippen LogP contribution in [0.2, 0.25) is 0 Å². The average molecular weight is 318 g/mol. The van der Waals surface area contributed by atoms with Crippen molar-refractivity contribution in [1.29, 1.82) is 0 Å². The normalized spacial score (nSPS) is 25.2. The Balaban J connectivity index is 2.03. The van der Waals surface area contributed by atoms with Crippen LogP contribution < -0.4 is 0 Å². The third-order valence-corrected chi connectivity index (χ3v) is 5.97. The molecule has 1 saturated carbocycles. The molecule has 2 aliphatic rings. The number of amides is 2. The van der Waals surface area contributed by atoms with E-state index in [4.69, 9.17) is 5.11 Å². The van der Waals surface area contributed by atoms with Gasteiger partial charge in [0, 0.05) is 20.1 Å². The Morgan fingerprint density at radius 3 is 2.52 bits per heavy atom. The highest BCUT2D eigenvalue weighted by molar-refractivity contribution is 7.91. The zero-order valence-electron chi connectivity index (χ0n) is 12.2. The molecule has 0 radical (unpaired) electrons. The fourth-order valence-corrected chi connectivity index (χ4v) is 4.39. The fourth-order valence-electron chi connectivity index (χ4n) is 2.87. The van der Waals surface area contributed by atoms with Crippen LogP contribution in [0, 0.1) is 5.92 Å². The molecule has 2 fully saturated rings. The molecule has 1 atom stereocenters. The van der Waals surface area contributed by atoms with Gasteiger partial charge in [-0.2, -0.15) is 0 Å². The summed E-state index contributed by atoms with van der Waals surface area (Å²) in [4.78, 5) is 26.3. The third-order valence-electron chi connectivity index (χ3n) is 4.27. The van der Waals surface area contributed by atoms with Gasteiger partial charge in [-0.05, 0) is 18.8 Å². The Morgan fingerprint density at radius 2 is 2.00 bits per heavy atom. The van der Waals surface area contributed by atoms with E-state index < -0.39 is 21.8 Å². The van der Waals surface area contributed by atoms with E-state index in [1.165, 1.54) is 11.3 Å². The summed E-state index contributed by atoms with van der Waals surface area (Å²) in [7, 11) is -1.57. The summed E-state index contributed by atoms with van der Waals surface area (Å²) in [6.07, 6.45) is 3.09. The van der Waals surface area contributed by atoms with Gasteiger partial charge in [0.25, 0.3) is 0 Å². The van der Waals surface area contributed by atoms with Crippen molar-refractivity contribution in [2.75, 3.05) is 31.6 Å². The van der Waals surface area contributed by atoms with Crippen molar-refractivity contribution in [3.8, 4) is 0 Å². The topological polar surface area (TPSA) is 95.0 Å². The highest BCUT2D eigenvalue weighted by Crippen LogP contribution is 2.27. The molecule has 2 amide bonds. The van der Waals surface area contributed by atoms with E-state index in [0.717, 1.165) is 12.8 Å². The number of aliphatic carboxylic acids is 1. The minimum atomic E-state index is -3.26. The minimum Gasteiger partial charge on any atom is -0.481 e. The van der Waals surface area contributed by atoms with Crippen LogP contribution in [0.3, 0.4) is 0 Å². The monoisotopic (exact) mass is 318 g/mol. The zero-order valence-corrected chi connectivity index (χ0v) is 13.0. The molecule has 0 aromatic heterocycles. The number of urea groups is 1. The summed E-state index contributed by atoms with van der Waals surface area (Å²) in [6, 6.07) is -1.03. The van der Waals surface area contributed by atoms with Gasteiger partial charge in [0.2, 0.25) is 0 Å². The molecular formula is C13H22N2O5S. The summed E-state index contributed by atoms with van der Waals surface area (Å²) in [5.41, 5.74) is 0. The number of hydrogen-bond donors (Lipinski definition) is 1. The van der Waals surface area contributed by atoms with Gasteiger partial charge in [0.05, 0.1) is 24.0 Å². The number of rotatable bonds is 4. The smallest absolute Gasteiger partial charge is 0.320 e. The molecule has 120 valence electrons. The maximum atomic E-state index is 12.4. The van der Waals surface area contributed by atoms with Crippen molar-refractivity contribution in [3.05, 3.63) is 0 Å². The molecule has 0 aromatic carbocycles. The maximum Gasteiger partial charge on any atom is 0.320 e.